The normalized spacial score (nSPS) is 33.2. The third-order valence-electron chi connectivity index (χ3n) is 3.28. The van der Waals surface area contributed by atoms with Crippen molar-refractivity contribution in [1.82, 2.24) is 0 Å². The van der Waals surface area contributed by atoms with Gasteiger partial charge in [-0.25, -0.2) is 13.2 Å². The van der Waals surface area contributed by atoms with Gasteiger partial charge in [-0.15, -0.1) is 0 Å². The van der Waals surface area contributed by atoms with Crippen molar-refractivity contribution in [2.75, 3.05) is 7.11 Å². The van der Waals surface area contributed by atoms with Gasteiger partial charge in [0.15, 0.2) is 0 Å². The molecule has 2 rings (SSSR count). The van der Waals surface area contributed by atoms with Gasteiger partial charge in [0.1, 0.15) is 18.2 Å². The van der Waals surface area contributed by atoms with Gasteiger partial charge >= 0.3 is 0 Å². The van der Waals surface area contributed by atoms with E-state index >= 15 is 0 Å². The lowest BCUT2D eigenvalue weighted by molar-refractivity contribution is -0.126. The fourth-order valence-corrected chi connectivity index (χ4v) is 2.12. The Kier molecular flexibility index (Phi) is 2.64. The zero-order valence-corrected chi connectivity index (χ0v) is 9.45. The van der Waals surface area contributed by atoms with E-state index in [1.165, 1.54) is 26.2 Å². The number of hydrogen-bond donors (Lipinski definition) is 0. The summed E-state index contributed by atoms with van der Waals surface area (Å²) in [6, 6.07) is 8.04. The van der Waals surface area contributed by atoms with Gasteiger partial charge in [-0.3, -0.25) is 0 Å². The minimum atomic E-state index is -3.47. The van der Waals surface area contributed by atoms with Crippen LogP contribution in [0.25, 0.3) is 0 Å². The van der Waals surface area contributed by atoms with E-state index in [4.69, 9.17) is 0 Å². The lowest BCUT2D eigenvalue weighted by Gasteiger charge is -2.49. The van der Waals surface area contributed by atoms with E-state index in [0.717, 1.165) is 0 Å². The van der Waals surface area contributed by atoms with E-state index in [0.29, 0.717) is 5.56 Å². The highest BCUT2D eigenvalue weighted by atomic mass is 19.3. The van der Waals surface area contributed by atoms with Crippen LogP contribution in [0, 0.1) is 0 Å². The molecule has 1 saturated carbocycles. The average Bonchev–Trinajstić information content (AvgIpc) is 2.35. The zero-order valence-electron chi connectivity index (χ0n) is 9.45. The Labute approximate surface area is 97.1 Å². The molecule has 92 valence electrons. The highest BCUT2D eigenvalue weighted by Crippen LogP contribution is 2.54. The van der Waals surface area contributed by atoms with Crippen molar-refractivity contribution in [3.05, 3.63) is 35.9 Å². The first-order valence-electron chi connectivity index (χ1n) is 5.15. The van der Waals surface area contributed by atoms with Gasteiger partial charge in [-0.05, 0) is 12.5 Å². The lowest BCUT2D eigenvalue weighted by Crippen LogP contribution is -2.70. The molecule has 5 heteroatoms. The highest BCUT2D eigenvalue weighted by molar-refractivity contribution is 6.06. The van der Waals surface area contributed by atoms with Crippen molar-refractivity contribution >= 4 is 5.71 Å². The summed E-state index contributed by atoms with van der Waals surface area (Å²) in [6.07, 6.45) is -2.38. The molecule has 1 fully saturated rings. The van der Waals surface area contributed by atoms with Gasteiger partial charge < -0.3 is 4.84 Å². The maximum absolute atomic E-state index is 13.7. The largest absolute Gasteiger partial charge is 0.399 e. The number of hydrogen-bond acceptors (Lipinski definition) is 2. The molecule has 1 aliphatic rings. The zero-order chi connectivity index (χ0) is 12.7. The quantitative estimate of drug-likeness (QED) is 0.732. The van der Waals surface area contributed by atoms with Crippen molar-refractivity contribution in [2.45, 2.75) is 24.4 Å². The van der Waals surface area contributed by atoms with E-state index in [1.807, 2.05) is 0 Å². The Bertz CT molecular complexity index is 446. The van der Waals surface area contributed by atoms with Gasteiger partial charge in [-0.1, -0.05) is 35.5 Å². The molecule has 1 aliphatic carbocycles. The van der Waals surface area contributed by atoms with Crippen molar-refractivity contribution in [3.63, 3.8) is 0 Å². The Morgan fingerprint density at radius 3 is 2.35 bits per heavy atom. The average molecular weight is 243 g/mol. The number of rotatable bonds is 2. The minimum absolute atomic E-state index is 0.267. The van der Waals surface area contributed by atoms with E-state index in [2.05, 4.69) is 9.99 Å². The Morgan fingerprint density at radius 2 is 1.82 bits per heavy atom. The summed E-state index contributed by atoms with van der Waals surface area (Å²) >= 11 is 0. The third kappa shape index (κ3) is 1.38. The summed E-state index contributed by atoms with van der Waals surface area (Å²) in [5.74, 6) is -3.47. The second kappa shape index (κ2) is 3.75. The summed E-state index contributed by atoms with van der Waals surface area (Å²) < 4.78 is 40.8. The molecule has 0 radical (unpaired) electrons. The van der Waals surface area contributed by atoms with Crippen molar-refractivity contribution in [3.8, 4) is 0 Å². The first-order valence-corrected chi connectivity index (χ1v) is 5.15. The molecule has 1 aromatic rings. The number of nitrogens with zero attached hydrogens (tertiary/aromatic N) is 1. The molecule has 0 heterocycles. The predicted molar refractivity (Wildman–Crippen MR) is 58.1 cm³/mol. The second-order valence-corrected chi connectivity index (χ2v) is 4.14. The van der Waals surface area contributed by atoms with Crippen LogP contribution in [-0.4, -0.2) is 24.9 Å². The van der Waals surface area contributed by atoms with Crippen LogP contribution in [0.5, 0.6) is 0 Å². The molecule has 0 amide bonds. The lowest BCUT2D eigenvalue weighted by atomic mass is 9.59. The number of halogens is 3. The molecule has 2 unspecified atom stereocenters. The Balaban J connectivity index is 2.51. The van der Waals surface area contributed by atoms with Gasteiger partial charge in [0.25, 0.3) is 5.92 Å². The maximum atomic E-state index is 13.7. The maximum Gasteiger partial charge on any atom is 0.298 e. The molecular weight excluding hydrogens is 231 g/mol. The molecule has 0 spiro atoms. The van der Waals surface area contributed by atoms with E-state index in [-0.39, 0.29) is 5.71 Å². The summed E-state index contributed by atoms with van der Waals surface area (Å²) in [7, 11) is 1.21. The first-order chi connectivity index (χ1) is 7.96. The molecule has 2 atom stereocenters. The van der Waals surface area contributed by atoms with Crippen molar-refractivity contribution in [2.24, 2.45) is 5.16 Å². The minimum Gasteiger partial charge on any atom is -0.399 e. The highest BCUT2D eigenvalue weighted by Gasteiger charge is 2.73. The third-order valence-corrected chi connectivity index (χ3v) is 3.28. The van der Waals surface area contributed by atoms with E-state index in [9.17, 15) is 13.2 Å². The van der Waals surface area contributed by atoms with Crippen LogP contribution in [-0.2, 0) is 10.3 Å². The van der Waals surface area contributed by atoms with Crippen LogP contribution in [0.15, 0.2) is 35.5 Å². The summed E-state index contributed by atoms with van der Waals surface area (Å²) in [4.78, 5) is 4.44. The number of oxime groups is 1. The van der Waals surface area contributed by atoms with E-state index < -0.39 is 17.5 Å². The van der Waals surface area contributed by atoms with Crippen LogP contribution in [0.1, 0.15) is 12.5 Å². The first kappa shape index (κ1) is 12.0. The van der Waals surface area contributed by atoms with Gasteiger partial charge in [0.05, 0.1) is 0 Å². The molecule has 0 N–H and O–H groups in total. The monoisotopic (exact) mass is 243 g/mol. The standard InChI is InChI=1S/C12H12F3NO/c1-11(8-6-4-3-5-7-8)10(16-17-2)9(13)12(11,14)15/h3-7,9H,1-2H3. The second-order valence-electron chi connectivity index (χ2n) is 4.14. The van der Waals surface area contributed by atoms with Gasteiger partial charge in [-0.2, -0.15) is 0 Å². The number of alkyl halides is 3. The van der Waals surface area contributed by atoms with Gasteiger partial charge in [0, 0.05) is 0 Å². The molecule has 1 aromatic carbocycles. The molecular formula is C12H12F3NO. The molecule has 0 aliphatic heterocycles. The Hall–Kier alpha value is -1.52. The predicted octanol–water partition coefficient (Wildman–Crippen LogP) is 2.93. The fraction of sp³-hybridized carbons (Fsp3) is 0.417. The number of benzene rings is 1. The molecule has 17 heavy (non-hydrogen) atoms. The SMILES string of the molecule is CON=C1C(F)C(F)(F)C1(C)c1ccccc1. The molecule has 0 saturated heterocycles. The van der Waals surface area contributed by atoms with Crippen LogP contribution < -0.4 is 0 Å². The van der Waals surface area contributed by atoms with Crippen LogP contribution in [0.4, 0.5) is 13.2 Å². The molecule has 0 aromatic heterocycles. The smallest absolute Gasteiger partial charge is 0.298 e. The topological polar surface area (TPSA) is 21.6 Å². The molecule has 2 nitrogen and oxygen atoms in total. The van der Waals surface area contributed by atoms with Crippen molar-refractivity contribution < 1.29 is 18.0 Å². The van der Waals surface area contributed by atoms with Crippen LogP contribution in [0.3, 0.4) is 0 Å². The van der Waals surface area contributed by atoms with Gasteiger partial charge in [0.2, 0.25) is 6.17 Å². The molecule has 0 bridgehead atoms. The van der Waals surface area contributed by atoms with Crippen LogP contribution in [0.2, 0.25) is 0 Å². The fourth-order valence-electron chi connectivity index (χ4n) is 2.12. The van der Waals surface area contributed by atoms with Crippen LogP contribution >= 0.6 is 0 Å². The van der Waals surface area contributed by atoms with Crippen molar-refractivity contribution in [1.29, 1.82) is 0 Å². The Morgan fingerprint density at radius 1 is 1.24 bits per heavy atom. The summed E-state index contributed by atoms with van der Waals surface area (Å²) in [5.41, 5.74) is -1.67. The van der Waals surface area contributed by atoms with E-state index in [1.54, 1.807) is 18.2 Å². The summed E-state index contributed by atoms with van der Waals surface area (Å²) in [6.45, 7) is 1.27. The summed E-state index contributed by atoms with van der Waals surface area (Å²) in [5, 5.41) is 3.40.